The van der Waals surface area contributed by atoms with Crippen LogP contribution < -0.4 is 5.73 Å². The summed E-state index contributed by atoms with van der Waals surface area (Å²) in [7, 11) is 0. The minimum atomic E-state index is -0.699. The lowest BCUT2D eigenvalue weighted by molar-refractivity contribution is -0.122. The number of carbonyl (C=O) groups excluding carboxylic acids is 1. The average molecular weight is 363 g/mol. The van der Waals surface area contributed by atoms with E-state index in [1.54, 1.807) is 0 Å². The fourth-order valence-electron chi connectivity index (χ4n) is 5.43. The maximum Gasteiger partial charge on any atom is 0.232 e. The van der Waals surface area contributed by atoms with Crippen LogP contribution in [0.2, 0.25) is 0 Å². The summed E-state index contributed by atoms with van der Waals surface area (Å²) in [6.07, 6.45) is 5.62. The summed E-state index contributed by atoms with van der Waals surface area (Å²) in [6.45, 7) is 5.70. The molecule has 3 nitrogen and oxygen atoms in total. The molecule has 1 saturated heterocycles. The van der Waals surface area contributed by atoms with Crippen molar-refractivity contribution in [3.63, 3.8) is 0 Å². The summed E-state index contributed by atoms with van der Waals surface area (Å²) in [5.41, 5.74) is 9.87. The van der Waals surface area contributed by atoms with Crippen molar-refractivity contribution in [2.45, 2.75) is 63.5 Å². The first-order valence-corrected chi connectivity index (χ1v) is 10.3. The number of fused-ring (bicyclic) bond motifs is 3. The molecular weight excluding hydrogens is 332 g/mol. The van der Waals surface area contributed by atoms with Crippen molar-refractivity contribution < 1.29 is 4.79 Å². The van der Waals surface area contributed by atoms with Gasteiger partial charge in [-0.2, -0.15) is 0 Å². The van der Waals surface area contributed by atoms with Crippen molar-refractivity contribution in [1.29, 1.82) is 0 Å². The van der Waals surface area contributed by atoms with E-state index in [1.165, 1.54) is 19.3 Å². The smallest absolute Gasteiger partial charge is 0.232 e. The van der Waals surface area contributed by atoms with E-state index in [4.69, 9.17) is 5.73 Å². The van der Waals surface area contributed by atoms with Gasteiger partial charge in [0.05, 0.1) is 5.41 Å². The van der Waals surface area contributed by atoms with E-state index in [1.807, 2.05) is 24.3 Å². The Morgan fingerprint density at radius 3 is 2.04 bits per heavy atom. The minimum absolute atomic E-state index is 0.223. The van der Waals surface area contributed by atoms with Crippen LogP contribution >= 0.6 is 0 Å². The van der Waals surface area contributed by atoms with Crippen LogP contribution in [-0.2, 0) is 10.2 Å². The summed E-state index contributed by atoms with van der Waals surface area (Å²) in [5.74, 6) is -0.223. The van der Waals surface area contributed by atoms with Gasteiger partial charge in [-0.1, -0.05) is 55.0 Å². The normalized spacial score (nSPS) is 23.6. The van der Waals surface area contributed by atoms with Gasteiger partial charge >= 0.3 is 0 Å². The Balaban J connectivity index is 1.65. The van der Waals surface area contributed by atoms with Gasteiger partial charge in [-0.3, -0.25) is 9.69 Å². The van der Waals surface area contributed by atoms with Gasteiger partial charge in [-0.15, -0.1) is 0 Å². The Morgan fingerprint density at radius 1 is 1.00 bits per heavy atom. The summed E-state index contributed by atoms with van der Waals surface area (Å²) in [5, 5.41) is 0. The molecule has 2 aromatic rings. The van der Waals surface area contributed by atoms with E-state index in [0.717, 1.165) is 41.6 Å². The zero-order chi connectivity index (χ0) is 19.0. The van der Waals surface area contributed by atoms with Gasteiger partial charge in [0.15, 0.2) is 0 Å². The molecule has 1 amide bonds. The highest BCUT2D eigenvalue weighted by molar-refractivity contribution is 5.99. The van der Waals surface area contributed by atoms with Gasteiger partial charge in [0, 0.05) is 12.1 Å². The van der Waals surface area contributed by atoms with Crippen molar-refractivity contribution >= 4 is 5.91 Å². The van der Waals surface area contributed by atoms with E-state index in [-0.39, 0.29) is 5.91 Å². The lowest BCUT2D eigenvalue weighted by Gasteiger charge is -2.39. The van der Waals surface area contributed by atoms with Gasteiger partial charge in [0.2, 0.25) is 5.91 Å². The number of nitrogens with zero attached hydrogens (tertiary/aromatic N) is 1. The molecule has 1 fully saturated rings. The van der Waals surface area contributed by atoms with Gasteiger partial charge < -0.3 is 5.73 Å². The summed E-state index contributed by atoms with van der Waals surface area (Å²) in [6, 6.07) is 17.8. The minimum Gasteiger partial charge on any atom is -0.369 e. The maximum atomic E-state index is 12.9. The number of piperidine rings is 1. The summed E-state index contributed by atoms with van der Waals surface area (Å²) >= 11 is 0. The van der Waals surface area contributed by atoms with Crippen LogP contribution in [0.1, 0.15) is 57.1 Å². The average Bonchev–Trinajstić information content (AvgIpc) is 2.96. The van der Waals surface area contributed by atoms with E-state index < -0.39 is 5.41 Å². The van der Waals surface area contributed by atoms with Crippen molar-refractivity contribution in [3.05, 3.63) is 59.7 Å². The van der Waals surface area contributed by atoms with Gasteiger partial charge in [0.1, 0.15) is 0 Å². The topological polar surface area (TPSA) is 46.3 Å². The van der Waals surface area contributed by atoms with Crippen LogP contribution in [-0.4, -0.2) is 29.4 Å². The number of benzene rings is 2. The zero-order valence-corrected chi connectivity index (χ0v) is 16.4. The van der Waals surface area contributed by atoms with Gasteiger partial charge in [0.25, 0.3) is 0 Å². The maximum absolute atomic E-state index is 12.9. The molecule has 1 aliphatic heterocycles. The third-order valence-corrected chi connectivity index (χ3v) is 6.83. The van der Waals surface area contributed by atoms with E-state index in [2.05, 4.69) is 43.0 Å². The molecular formula is C24H30N2O. The number of hydrogen-bond acceptors (Lipinski definition) is 2. The van der Waals surface area contributed by atoms with Crippen molar-refractivity contribution in [1.82, 2.24) is 4.90 Å². The van der Waals surface area contributed by atoms with Gasteiger partial charge in [-0.05, 0) is 68.3 Å². The van der Waals surface area contributed by atoms with Crippen molar-refractivity contribution in [3.8, 4) is 11.1 Å². The Hall–Kier alpha value is -2.13. The Morgan fingerprint density at radius 2 is 1.52 bits per heavy atom. The Kier molecular flexibility index (Phi) is 4.81. The number of hydrogen-bond donors (Lipinski definition) is 1. The lowest BCUT2D eigenvalue weighted by atomic mass is 9.74. The summed E-state index contributed by atoms with van der Waals surface area (Å²) < 4.78 is 0. The SMILES string of the molecule is CC1CCCC(C)N1CCCC1(C(N)=O)c2ccccc2-c2ccccc21. The highest BCUT2D eigenvalue weighted by Gasteiger charge is 2.47. The fraction of sp³-hybridized carbons (Fsp3) is 0.458. The number of primary amides is 1. The molecule has 3 heteroatoms. The van der Waals surface area contributed by atoms with Crippen molar-refractivity contribution in [2.75, 3.05) is 6.54 Å². The standard InChI is InChI=1S/C24H30N2O/c1-17-9-7-10-18(2)26(17)16-8-15-24(23(25)27)21-13-5-3-11-19(21)20-12-4-6-14-22(20)24/h3-6,11-14,17-18H,7-10,15-16H2,1-2H3,(H2,25,27). The second-order valence-electron chi connectivity index (χ2n) is 8.33. The molecule has 2 N–H and O–H groups in total. The molecule has 2 aliphatic rings. The third-order valence-electron chi connectivity index (χ3n) is 6.83. The molecule has 0 aromatic heterocycles. The Bertz CT molecular complexity index is 788. The zero-order valence-electron chi connectivity index (χ0n) is 16.4. The molecule has 1 heterocycles. The molecule has 4 rings (SSSR count). The quantitative estimate of drug-likeness (QED) is 0.852. The molecule has 0 bridgehead atoms. The number of carbonyl (C=O) groups is 1. The summed E-state index contributed by atoms with van der Waals surface area (Å²) in [4.78, 5) is 15.5. The molecule has 2 atom stereocenters. The predicted molar refractivity (Wildman–Crippen MR) is 111 cm³/mol. The molecule has 1 aliphatic carbocycles. The molecule has 27 heavy (non-hydrogen) atoms. The lowest BCUT2D eigenvalue weighted by Crippen LogP contribution is -2.45. The molecule has 0 spiro atoms. The first-order valence-electron chi connectivity index (χ1n) is 10.3. The second kappa shape index (κ2) is 7.12. The van der Waals surface area contributed by atoms with Crippen LogP contribution in [0.5, 0.6) is 0 Å². The highest BCUT2D eigenvalue weighted by atomic mass is 16.1. The number of amides is 1. The van der Waals surface area contributed by atoms with Crippen molar-refractivity contribution in [2.24, 2.45) is 5.73 Å². The monoisotopic (exact) mass is 362 g/mol. The van der Waals surface area contributed by atoms with Crippen LogP contribution in [0.25, 0.3) is 11.1 Å². The Labute approximate surface area is 162 Å². The molecule has 0 radical (unpaired) electrons. The van der Waals surface area contributed by atoms with E-state index in [0.29, 0.717) is 12.1 Å². The van der Waals surface area contributed by atoms with Crippen LogP contribution in [0.3, 0.4) is 0 Å². The largest absolute Gasteiger partial charge is 0.369 e. The molecule has 142 valence electrons. The van der Waals surface area contributed by atoms with E-state index in [9.17, 15) is 4.79 Å². The number of nitrogens with two attached hydrogens (primary N) is 1. The number of likely N-dealkylation sites (tertiary alicyclic amines) is 1. The molecule has 2 aromatic carbocycles. The predicted octanol–water partition coefficient (Wildman–Crippen LogP) is 4.48. The molecule has 2 unspecified atom stereocenters. The van der Waals surface area contributed by atoms with E-state index >= 15 is 0 Å². The van der Waals surface area contributed by atoms with Crippen LogP contribution in [0, 0.1) is 0 Å². The highest BCUT2D eigenvalue weighted by Crippen LogP contribution is 2.51. The fourth-order valence-corrected chi connectivity index (χ4v) is 5.43. The third kappa shape index (κ3) is 2.89. The van der Waals surface area contributed by atoms with Crippen LogP contribution in [0.15, 0.2) is 48.5 Å². The number of rotatable bonds is 5. The molecule has 0 saturated carbocycles. The van der Waals surface area contributed by atoms with Crippen LogP contribution in [0.4, 0.5) is 0 Å². The van der Waals surface area contributed by atoms with Gasteiger partial charge in [-0.25, -0.2) is 0 Å². The first-order chi connectivity index (χ1) is 13.1. The second-order valence-corrected chi connectivity index (χ2v) is 8.33. The first kappa shape index (κ1) is 18.2.